The number of nitrogens with one attached hydrogen (secondary N) is 1. The van der Waals surface area contributed by atoms with Crippen LogP contribution < -0.4 is 0 Å². The van der Waals surface area contributed by atoms with Gasteiger partial charge in [0.25, 0.3) is 0 Å². The maximum Gasteiger partial charge on any atom is 0.209 e. The predicted molar refractivity (Wildman–Crippen MR) is 106 cm³/mol. The van der Waals surface area contributed by atoms with Crippen LogP contribution in [0.4, 0.5) is 0 Å². The summed E-state index contributed by atoms with van der Waals surface area (Å²) in [4.78, 5) is 9.27. The third kappa shape index (κ3) is 3.84. The third-order valence-corrected chi connectivity index (χ3v) is 6.27. The maximum absolute atomic E-state index is 4.69. The Hall–Kier alpha value is -1.96. The maximum atomic E-state index is 4.69. The Balaban J connectivity index is 1.41. The zero-order valence-electron chi connectivity index (χ0n) is 13.6. The first-order valence-electron chi connectivity index (χ1n) is 7.93. The molecule has 1 N–H and O–H groups in total. The molecule has 0 aliphatic carbocycles. The van der Waals surface area contributed by atoms with Gasteiger partial charge in [0.05, 0.1) is 5.69 Å². The molecule has 4 rings (SSSR count). The highest BCUT2D eigenvalue weighted by molar-refractivity contribution is 7.98. The molecule has 4 nitrogen and oxygen atoms in total. The first-order valence-corrected chi connectivity index (χ1v) is 10.7. The van der Waals surface area contributed by atoms with Crippen molar-refractivity contribution in [2.45, 2.75) is 24.3 Å². The van der Waals surface area contributed by atoms with Gasteiger partial charge in [0.15, 0.2) is 5.82 Å². The molecule has 25 heavy (non-hydrogen) atoms. The summed E-state index contributed by atoms with van der Waals surface area (Å²) in [5, 5.41) is 15.5. The van der Waals surface area contributed by atoms with Crippen LogP contribution in [-0.4, -0.2) is 20.2 Å². The number of aryl methyl sites for hydroxylation is 1. The number of nitrogens with zero attached hydrogens (tertiary/aromatic N) is 3. The molecule has 0 amide bonds. The highest BCUT2D eigenvalue weighted by Crippen LogP contribution is 2.28. The zero-order valence-corrected chi connectivity index (χ0v) is 16.0. The molecule has 3 aromatic heterocycles. The summed E-state index contributed by atoms with van der Waals surface area (Å²) in [7, 11) is 0. The minimum absolute atomic E-state index is 0.750. The van der Waals surface area contributed by atoms with Crippen molar-refractivity contribution in [1.82, 2.24) is 20.2 Å². The Morgan fingerprint density at radius 1 is 1.04 bits per heavy atom. The second-order valence-corrected chi connectivity index (χ2v) is 8.04. The van der Waals surface area contributed by atoms with E-state index >= 15 is 0 Å². The van der Waals surface area contributed by atoms with Gasteiger partial charge in [-0.15, -0.1) is 16.4 Å². The molecule has 7 heteroatoms. The Morgan fingerprint density at radius 3 is 2.68 bits per heavy atom. The molecular weight excluding hydrogens is 368 g/mol. The first-order chi connectivity index (χ1) is 12.3. The third-order valence-electron chi connectivity index (χ3n) is 3.77. The molecule has 0 spiro atoms. The Morgan fingerprint density at radius 2 is 1.92 bits per heavy atom. The minimum atomic E-state index is 0.750. The van der Waals surface area contributed by atoms with Crippen LogP contribution in [0, 0.1) is 0 Å². The highest BCUT2D eigenvalue weighted by atomic mass is 32.2. The van der Waals surface area contributed by atoms with Gasteiger partial charge in [-0.2, -0.15) is 11.3 Å². The van der Waals surface area contributed by atoms with Crippen LogP contribution >= 0.6 is 34.4 Å². The van der Waals surface area contributed by atoms with Gasteiger partial charge in [0, 0.05) is 27.6 Å². The van der Waals surface area contributed by atoms with Crippen LogP contribution in [0.5, 0.6) is 0 Å². The van der Waals surface area contributed by atoms with Crippen molar-refractivity contribution < 1.29 is 0 Å². The zero-order chi connectivity index (χ0) is 17.1. The lowest BCUT2D eigenvalue weighted by Crippen LogP contribution is -1.84. The smallest absolute Gasteiger partial charge is 0.209 e. The summed E-state index contributed by atoms with van der Waals surface area (Å²) in [5.74, 6) is 1.58. The van der Waals surface area contributed by atoms with Gasteiger partial charge in [-0.1, -0.05) is 43.0 Å². The summed E-state index contributed by atoms with van der Waals surface area (Å²) >= 11 is 4.98. The summed E-state index contributed by atoms with van der Waals surface area (Å²) in [6.07, 6.45) is 1.04. The fourth-order valence-electron chi connectivity index (χ4n) is 2.37. The number of thiazole rings is 1. The van der Waals surface area contributed by atoms with Crippen LogP contribution in [-0.2, 0) is 12.2 Å². The highest BCUT2D eigenvalue weighted by Gasteiger charge is 2.09. The largest absolute Gasteiger partial charge is 0.258 e. The van der Waals surface area contributed by atoms with Gasteiger partial charge in [-0.3, -0.25) is 5.10 Å². The van der Waals surface area contributed by atoms with E-state index in [4.69, 9.17) is 4.98 Å². The van der Waals surface area contributed by atoms with E-state index in [1.165, 1.54) is 11.1 Å². The monoisotopic (exact) mass is 384 g/mol. The predicted octanol–water partition coefficient (Wildman–Crippen LogP) is 5.51. The molecule has 0 saturated heterocycles. The summed E-state index contributed by atoms with van der Waals surface area (Å²) in [6.45, 7) is 2.15. The van der Waals surface area contributed by atoms with Crippen LogP contribution in [0.15, 0.2) is 51.6 Å². The van der Waals surface area contributed by atoms with Crippen molar-refractivity contribution in [1.29, 1.82) is 0 Å². The van der Waals surface area contributed by atoms with Gasteiger partial charge in [0.2, 0.25) is 5.16 Å². The molecular formula is C18H16N4S3. The number of rotatable bonds is 6. The van der Waals surface area contributed by atoms with Crippen LogP contribution in [0.1, 0.15) is 18.2 Å². The van der Waals surface area contributed by atoms with E-state index in [9.17, 15) is 0 Å². The fourth-order valence-corrected chi connectivity index (χ4v) is 4.70. The second kappa shape index (κ2) is 7.51. The molecule has 3 heterocycles. The SMILES string of the molecule is CCc1ccc(-c2nc(SCc3csc(-c4ccsc4)n3)n[nH]2)cc1. The second-order valence-electron chi connectivity index (χ2n) is 5.46. The van der Waals surface area contributed by atoms with Crippen molar-refractivity contribution in [3.8, 4) is 22.0 Å². The molecule has 0 bridgehead atoms. The molecule has 0 aliphatic rings. The average molecular weight is 385 g/mol. The fraction of sp³-hybridized carbons (Fsp3) is 0.167. The summed E-state index contributed by atoms with van der Waals surface area (Å²) in [5.41, 5.74) is 4.64. The van der Waals surface area contributed by atoms with E-state index in [-0.39, 0.29) is 0 Å². The number of aromatic amines is 1. The van der Waals surface area contributed by atoms with Gasteiger partial charge in [-0.05, 0) is 23.4 Å². The summed E-state index contributed by atoms with van der Waals surface area (Å²) < 4.78 is 0. The standard InChI is InChI=1S/C18H16N4S3/c1-2-12-3-5-13(6-4-12)16-20-18(22-21-16)25-11-15-10-24-17(19-15)14-7-8-23-9-14/h3-10H,2,11H2,1H3,(H,20,21,22). The number of aromatic nitrogens is 4. The van der Waals surface area contributed by atoms with E-state index < -0.39 is 0 Å². The van der Waals surface area contributed by atoms with E-state index in [0.29, 0.717) is 0 Å². The lowest BCUT2D eigenvalue weighted by molar-refractivity contribution is 0.972. The molecule has 0 atom stereocenters. The molecule has 4 aromatic rings. The Bertz CT molecular complexity index is 939. The summed E-state index contributed by atoms with van der Waals surface area (Å²) in [6, 6.07) is 10.5. The van der Waals surface area contributed by atoms with Crippen LogP contribution in [0.3, 0.4) is 0 Å². The molecule has 1 aromatic carbocycles. The van der Waals surface area contributed by atoms with E-state index in [1.807, 2.05) is 0 Å². The number of thioether (sulfide) groups is 1. The van der Waals surface area contributed by atoms with Gasteiger partial charge >= 0.3 is 0 Å². The van der Waals surface area contributed by atoms with Crippen molar-refractivity contribution >= 4 is 34.4 Å². The average Bonchev–Trinajstić information content (AvgIpc) is 3.41. The molecule has 0 unspecified atom stereocenters. The number of hydrogen-bond donors (Lipinski definition) is 1. The minimum Gasteiger partial charge on any atom is -0.258 e. The molecule has 0 saturated carbocycles. The Labute approximate surface area is 158 Å². The first kappa shape index (κ1) is 16.5. The van der Waals surface area contributed by atoms with Crippen molar-refractivity contribution in [2.75, 3.05) is 0 Å². The van der Waals surface area contributed by atoms with Crippen LogP contribution in [0.2, 0.25) is 0 Å². The molecule has 0 fully saturated rings. The number of hydrogen-bond acceptors (Lipinski definition) is 6. The van der Waals surface area contributed by atoms with Crippen molar-refractivity contribution in [2.24, 2.45) is 0 Å². The number of benzene rings is 1. The lowest BCUT2D eigenvalue weighted by Gasteiger charge is -1.98. The van der Waals surface area contributed by atoms with Crippen molar-refractivity contribution in [3.05, 3.63) is 57.7 Å². The van der Waals surface area contributed by atoms with E-state index in [2.05, 4.69) is 68.6 Å². The van der Waals surface area contributed by atoms with Crippen LogP contribution in [0.25, 0.3) is 22.0 Å². The quantitative estimate of drug-likeness (QED) is 0.445. The van der Waals surface area contributed by atoms with Gasteiger partial charge < -0.3 is 0 Å². The number of thiophene rings is 1. The van der Waals surface area contributed by atoms with E-state index in [0.717, 1.165) is 39.4 Å². The molecule has 0 radical (unpaired) electrons. The topological polar surface area (TPSA) is 54.5 Å². The molecule has 126 valence electrons. The van der Waals surface area contributed by atoms with Gasteiger partial charge in [-0.25, -0.2) is 9.97 Å². The Kier molecular flexibility index (Phi) is 4.96. The van der Waals surface area contributed by atoms with Gasteiger partial charge in [0.1, 0.15) is 5.01 Å². The molecule has 0 aliphatic heterocycles. The lowest BCUT2D eigenvalue weighted by atomic mass is 10.1. The number of H-pyrrole nitrogens is 1. The van der Waals surface area contributed by atoms with Crippen molar-refractivity contribution in [3.63, 3.8) is 0 Å². The normalized spacial score (nSPS) is 11.1. The van der Waals surface area contributed by atoms with E-state index in [1.54, 1.807) is 34.4 Å².